The number of pyridine rings is 1. The number of carbonyl (C=O) groups excluding carboxylic acids is 1. The number of carbonyl (C=O) groups is 1. The number of piperidine rings is 1. The molecule has 0 radical (unpaired) electrons. The van der Waals surface area contributed by atoms with Crippen molar-refractivity contribution >= 4 is 38.9 Å². The second kappa shape index (κ2) is 7.74. The molecule has 1 unspecified atom stereocenters. The highest BCUT2D eigenvalue weighted by atomic mass is 16.3. The molecule has 0 saturated carbocycles. The smallest absolute Gasteiger partial charge is 0.225 e. The molecular weight excluding hydrogens is 416 g/mol. The molecule has 3 N–H and O–H groups in total. The molecule has 4 aromatic heterocycles. The number of fused-ring (bicyclic) bond motifs is 4. The Balaban J connectivity index is 1.24. The maximum Gasteiger partial charge on any atom is 0.225 e. The number of likely N-dealkylation sites (tertiary alicyclic amines) is 1. The van der Waals surface area contributed by atoms with Gasteiger partial charge in [-0.1, -0.05) is 19.1 Å². The van der Waals surface area contributed by atoms with Gasteiger partial charge >= 0.3 is 0 Å². The summed E-state index contributed by atoms with van der Waals surface area (Å²) in [6.07, 6.45) is 5.88. The van der Waals surface area contributed by atoms with Gasteiger partial charge in [0.2, 0.25) is 5.91 Å². The van der Waals surface area contributed by atoms with Gasteiger partial charge in [-0.25, -0.2) is 9.97 Å². The maximum absolute atomic E-state index is 13.2. The van der Waals surface area contributed by atoms with Crippen molar-refractivity contribution in [2.45, 2.75) is 31.9 Å². The molecule has 1 fully saturated rings. The summed E-state index contributed by atoms with van der Waals surface area (Å²) in [5.74, 6) is 0.808. The van der Waals surface area contributed by atoms with Crippen LogP contribution in [-0.4, -0.2) is 53.5 Å². The molecule has 6 rings (SSSR count). The highest BCUT2D eigenvalue weighted by Gasteiger charge is 2.32. The Bertz CT molecular complexity index is 1430. The predicted molar refractivity (Wildman–Crippen MR) is 127 cm³/mol. The number of benzene rings is 1. The zero-order valence-electron chi connectivity index (χ0n) is 18.4. The number of nitrogens with one attached hydrogen (secondary N) is 2. The molecule has 5 heterocycles. The van der Waals surface area contributed by atoms with Gasteiger partial charge in [-0.2, -0.15) is 0 Å². The van der Waals surface area contributed by atoms with Crippen LogP contribution in [0, 0.1) is 5.92 Å². The Hall–Kier alpha value is -3.65. The molecule has 8 heteroatoms. The molecule has 1 aliphatic heterocycles. The number of para-hydroxylation sites is 2. The molecule has 3 atom stereocenters. The van der Waals surface area contributed by atoms with Crippen molar-refractivity contribution in [3.63, 3.8) is 0 Å². The topological polar surface area (TPSA) is 103 Å². The molecule has 1 amide bonds. The number of nitrogens with zero attached hydrogens (tertiary/aromatic N) is 4. The molecule has 1 aromatic carbocycles. The van der Waals surface area contributed by atoms with Crippen molar-refractivity contribution in [2.75, 3.05) is 13.1 Å². The van der Waals surface area contributed by atoms with E-state index in [1.807, 2.05) is 41.6 Å². The van der Waals surface area contributed by atoms with E-state index in [0.717, 1.165) is 39.4 Å². The highest BCUT2D eigenvalue weighted by molar-refractivity contribution is 6.02. The second-order valence-corrected chi connectivity index (χ2v) is 9.06. The van der Waals surface area contributed by atoms with Gasteiger partial charge in [0.25, 0.3) is 0 Å². The van der Waals surface area contributed by atoms with E-state index in [9.17, 15) is 9.90 Å². The van der Waals surface area contributed by atoms with Crippen LogP contribution in [0.1, 0.15) is 37.7 Å². The van der Waals surface area contributed by atoms with Gasteiger partial charge < -0.3 is 24.5 Å². The second-order valence-electron chi connectivity index (χ2n) is 9.06. The lowest BCUT2D eigenvalue weighted by Gasteiger charge is -2.38. The number of rotatable bonds is 4. The van der Waals surface area contributed by atoms with E-state index in [-0.39, 0.29) is 18.4 Å². The van der Waals surface area contributed by atoms with Crippen molar-refractivity contribution in [3.8, 4) is 0 Å². The van der Waals surface area contributed by atoms with Crippen LogP contribution in [0.25, 0.3) is 33.0 Å². The normalized spacial score (nSPS) is 20.1. The monoisotopic (exact) mass is 442 g/mol. The van der Waals surface area contributed by atoms with E-state index >= 15 is 0 Å². The fourth-order valence-corrected chi connectivity index (χ4v) is 5.09. The standard InChI is InChI=1S/C25H26N6O2/c1-15-7-10-30(22(33)12-21(32)25-28-18-4-2-3-5-19(18)29-25)14-20(15)31-11-8-16-13-27-24-17(23(16)31)6-9-26-24/h2-6,8-9,11,13,15,20-21,32H,7,10,12,14H2,1H3,(H,26,27)(H,28,29)/t15-,20+,21?/m1/s1. The first-order chi connectivity index (χ1) is 16.1. The van der Waals surface area contributed by atoms with Crippen molar-refractivity contribution in [2.24, 2.45) is 5.92 Å². The number of hydrogen-bond acceptors (Lipinski definition) is 4. The Morgan fingerprint density at radius 1 is 1.27 bits per heavy atom. The first-order valence-corrected chi connectivity index (χ1v) is 11.4. The molecule has 0 aliphatic carbocycles. The highest BCUT2D eigenvalue weighted by Crippen LogP contribution is 2.34. The van der Waals surface area contributed by atoms with E-state index < -0.39 is 6.10 Å². The molecule has 1 saturated heterocycles. The lowest BCUT2D eigenvalue weighted by Crippen LogP contribution is -2.44. The number of aromatic amines is 2. The molecule has 5 aromatic rings. The summed E-state index contributed by atoms with van der Waals surface area (Å²) in [6.45, 7) is 3.56. The van der Waals surface area contributed by atoms with Gasteiger partial charge in [-0.05, 0) is 36.6 Å². The predicted octanol–water partition coefficient (Wildman–Crippen LogP) is 3.93. The molecule has 0 spiro atoms. The number of aliphatic hydroxyl groups excluding tert-OH is 1. The van der Waals surface area contributed by atoms with Gasteiger partial charge in [0.1, 0.15) is 17.6 Å². The van der Waals surface area contributed by atoms with E-state index in [1.165, 1.54) is 0 Å². The van der Waals surface area contributed by atoms with E-state index in [0.29, 0.717) is 24.8 Å². The van der Waals surface area contributed by atoms with Crippen molar-refractivity contribution < 1.29 is 9.90 Å². The molecule has 1 aliphatic rings. The Morgan fingerprint density at radius 3 is 3.03 bits per heavy atom. The minimum Gasteiger partial charge on any atom is -0.385 e. The Morgan fingerprint density at radius 2 is 2.15 bits per heavy atom. The summed E-state index contributed by atoms with van der Waals surface area (Å²) in [7, 11) is 0. The van der Waals surface area contributed by atoms with E-state index in [4.69, 9.17) is 0 Å². The fraction of sp³-hybridized carbons (Fsp3) is 0.320. The largest absolute Gasteiger partial charge is 0.385 e. The van der Waals surface area contributed by atoms with Crippen molar-refractivity contribution in [3.05, 3.63) is 60.8 Å². The molecule has 168 valence electrons. The van der Waals surface area contributed by atoms with Crippen LogP contribution in [0.3, 0.4) is 0 Å². The van der Waals surface area contributed by atoms with Crippen LogP contribution < -0.4 is 0 Å². The lowest BCUT2D eigenvalue weighted by atomic mass is 9.92. The SMILES string of the molecule is C[C@@H]1CCN(C(=O)CC(O)c2nc3ccccc3[nH]2)C[C@@H]1n1ccc2cnc3[nH]ccc3c21. The van der Waals surface area contributed by atoms with Crippen LogP contribution in [0.4, 0.5) is 0 Å². The number of hydrogen-bond donors (Lipinski definition) is 3. The number of aromatic nitrogens is 5. The number of H-pyrrole nitrogens is 2. The first-order valence-electron chi connectivity index (χ1n) is 11.4. The third-order valence-corrected chi connectivity index (χ3v) is 6.98. The van der Waals surface area contributed by atoms with Crippen LogP contribution in [-0.2, 0) is 4.79 Å². The lowest BCUT2D eigenvalue weighted by molar-refractivity contribution is -0.135. The van der Waals surface area contributed by atoms with E-state index in [2.05, 4.69) is 49.8 Å². The summed E-state index contributed by atoms with van der Waals surface area (Å²) in [4.78, 5) is 30.3. The van der Waals surface area contributed by atoms with Gasteiger partial charge in [-0.15, -0.1) is 0 Å². The molecular formula is C25H26N6O2. The summed E-state index contributed by atoms with van der Waals surface area (Å²) in [5.41, 5.74) is 3.66. The van der Waals surface area contributed by atoms with Crippen molar-refractivity contribution in [1.29, 1.82) is 0 Å². The zero-order valence-corrected chi connectivity index (χ0v) is 18.4. The third kappa shape index (κ3) is 3.38. The van der Waals surface area contributed by atoms with Crippen LogP contribution in [0.2, 0.25) is 0 Å². The number of amides is 1. The fourth-order valence-electron chi connectivity index (χ4n) is 5.09. The summed E-state index contributed by atoms with van der Waals surface area (Å²) >= 11 is 0. The number of aliphatic hydroxyl groups is 1. The van der Waals surface area contributed by atoms with E-state index in [1.54, 1.807) is 0 Å². The average molecular weight is 443 g/mol. The summed E-state index contributed by atoms with van der Waals surface area (Å²) in [5, 5.41) is 12.9. The Labute approximate surface area is 190 Å². The van der Waals surface area contributed by atoms with Crippen molar-refractivity contribution in [1.82, 2.24) is 29.4 Å². The molecule has 0 bridgehead atoms. The maximum atomic E-state index is 13.2. The molecule has 33 heavy (non-hydrogen) atoms. The first kappa shape index (κ1) is 20.0. The van der Waals surface area contributed by atoms with Crippen LogP contribution in [0.5, 0.6) is 0 Å². The van der Waals surface area contributed by atoms with Crippen LogP contribution in [0.15, 0.2) is 55.0 Å². The van der Waals surface area contributed by atoms with Gasteiger partial charge in [0.05, 0.1) is 29.0 Å². The van der Waals surface area contributed by atoms with Gasteiger partial charge in [0.15, 0.2) is 0 Å². The minimum atomic E-state index is -0.958. The summed E-state index contributed by atoms with van der Waals surface area (Å²) in [6, 6.07) is 11.9. The van der Waals surface area contributed by atoms with Crippen LogP contribution >= 0.6 is 0 Å². The van der Waals surface area contributed by atoms with Gasteiger partial charge in [-0.3, -0.25) is 4.79 Å². The van der Waals surface area contributed by atoms with Gasteiger partial charge in [0, 0.05) is 42.5 Å². The summed E-state index contributed by atoms with van der Waals surface area (Å²) < 4.78 is 2.30. The zero-order chi connectivity index (χ0) is 22.5. The quantitative estimate of drug-likeness (QED) is 0.392. The third-order valence-electron chi connectivity index (χ3n) is 6.98. The average Bonchev–Trinajstić information content (AvgIpc) is 3.55. The molecule has 8 nitrogen and oxygen atoms in total. The minimum absolute atomic E-state index is 0.0132. The number of imidazole rings is 1. The Kier molecular flexibility index (Phi) is 4.69.